The third kappa shape index (κ3) is 5.45. The Balaban J connectivity index is 1.91. The normalized spacial score (nSPS) is 18.5. The highest BCUT2D eigenvalue weighted by Crippen LogP contribution is 2.42. The molecule has 1 aliphatic heterocycles. The van der Waals surface area contributed by atoms with Crippen LogP contribution >= 0.6 is 11.8 Å². The van der Waals surface area contributed by atoms with Crippen molar-refractivity contribution < 1.29 is 19.1 Å². The van der Waals surface area contributed by atoms with Gasteiger partial charge in [0.15, 0.2) is 0 Å². The lowest BCUT2D eigenvalue weighted by molar-refractivity contribution is -0.125. The molecule has 2 aromatic carbocycles. The molecule has 2 unspecified atom stereocenters. The Morgan fingerprint density at radius 3 is 2.28 bits per heavy atom. The third-order valence-electron chi connectivity index (χ3n) is 5.54. The molecule has 1 fully saturated rings. The summed E-state index contributed by atoms with van der Waals surface area (Å²) >= 11 is 1.61. The van der Waals surface area contributed by atoms with Gasteiger partial charge < -0.3 is 19.7 Å². The zero-order chi connectivity index (χ0) is 23.3. The van der Waals surface area contributed by atoms with Gasteiger partial charge >= 0.3 is 0 Å². The van der Waals surface area contributed by atoms with Gasteiger partial charge in [-0.05, 0) is 40.8 Å². The molecule has 0 aromatic heterocycles. The minimum absolute atomic E-state index is 0.0454. The Kier molecular flexibility index (Phi) is 7.85. The van der Waals surface area contributed by atoms with Crippen molar-refractivity contribution >= 4 is 23.6 Å². The van der Waals surface area contributed by atoms with Crippen molar-refractivity contribution in [1.29, 1.82) is 0 Å². The number of nitrogens with zero attached hydrogens (tertiary/aromatic N) is 1. The lowest BCUT2D eigenvalue weighted by Gasteiger charge is -2.29. The van der Waals surface area contributed by atoms with Gasteiger partial charge in [-0.3, -0.25) is 9.59 Å². The summed E-state index contributed by atoms with van der Waals surface area (Å²) < 4.78 is 10.2. The van der Waals surface area contributed by atoms with Gasteiger partial charge in [0.05, 0.1) is 13.7 Å². The molecule has 1 N–H and O–H groups in total. The molecule has 2 aromatic rings. The number of ether oxygens (including phenoxy) is 2. The van der Waals surface area contributed by atoms with Crippen LogP contribution in [0.2, 0.25) is 0 Å². The van der Waals surface area contributed by atoms with Crippen molar-refractivity contribution in [2.45, 2.75) is 37.6 Å². The van der Waals surface area contributed by atoms with Gasteiger partial charge in [-0.15, -0.1) is 11.8 Å². The maximum absolute atomic E-state index is 13.6. The molecule has 3 rings (SSSR count). The highest BCUT2D eigenvalue weighted by molar-refractivity contribution is 7.99. The molecule has 0 aliphatic carbocycles. The van der Waals surface area contributed by atoms with Gasteiger partial charge in [-0.2, -0.15) is 0 Å². The van der Waals surface area contributed by atoms with Crippen LogP contribution in [0, 0.1) is 0 Å². The molecule has 0 bridgehead atoms. The molecule has 0 radical (unpaired) electrons. The second-order valence-electron chi connectivity index (χ2n) is 8.80. The van der Waals surface area contributed by atoms with Gasteiger partial charge in [-0.1, -0.05) is 45.0 Å². The van der Waals surface area contributed by atoms with Crippen molar-refractivity contribution in [2.24, 2.45) is 0 Å². The van der Waals surface area contributed by atoms with Crippen molar-refractivity contribution in [3.8, 4) is 5.75 Å². The predicted molar refractivity (Wildman–Crippen MR) is 128 cm³/mol. The van der Waals surface area contributed by atoms with Crippen LogP contribution < -0.4 is 10.1 Å². The van der Waals surface area contributed by atoms with E-state index in [1.165, 1.54) is 5.56 Å². The Bertz CT molecular complexity index is 922. The first-order chi connectivity index (χ1) is 15.3. The first-order valence-corrected chi connectivity index (χ1v) is 11.8. The summed E-state index contributed by atoms with van der Waals surface area (Å²) in [5.41, 5.74) is 2.81. The van der Waals surface area contributed by atoms with E-state index in [-0.39, 0.29) is 22.6 Å². The maximum Gasteiger partial charge on any atom is 0.255 e. The average Bonchev–Trinajstić information content (AvgIpc) is 3.23. The number of benzene rings is 2. The summed E-state index contributed by atoms with van der Waals surface area (Å²) in [7, 11) is 3.18. The Morgan fingerprint density at radius 2 is 1.72 bits per heavy atom. The van der Waals surface area contributed by atoms with Crippen LogP contribution in [0.15, 0.2) is 48.5 Å². The lowest BCUT2D eigenvalue weighted by Crippen LogP contribution is -2.48. The number of methoxy groups -OCH3 is 2. The van der Waals surface area contributed by atoms with Crippen molar-refractivity contribution in [3.63, 3.8) is 0 Å². The van der Waals surface area contributed by atoms with E-state index in [4.69, 9.17) is 9.47 Å². The molecule has 32 heavy (non-hydrogen) atoms. The Labute approximate surface area is 194 Å². The molecule has 6 nitrogen and oxygen atoms in total. The molecule has 7 heteroatoms. The number of hydrogen-bond donors (Lipinski definition) is 1. The predicted octanol–water partition coefficient (Wildman–Crippen LogP) is 4.01. The van der Waals surface area contributed by atoms with Crippen LogP contribution in [0.4, 0.5) is 0 Å². The van der Waals surface area contributed by atoms with E-state index >= 15 is 0 Å². The van der Waals surface area contributed by atoms with Crippen LogP contribution in [0.3, 0.4) is 0 Å². The topological polar surface area (TPSA) is 67.9 Å². The van der Waals surface area contributed by atoms with Crippen LogP contribution in [-0.4, -0.2) is 55.9 Å². The van der Waals surface area contributed by atoms with Gasteiger partial charge in [0, 0.05) is 25.0 Å². The largest absolute Gasteiger partial charge is 0.497 e. The highest BCUT2D eigenvalue weighted by atomic mass is 32.2. The number of thioether (sulfide) groups is 1. The zero-order valence-corrected chi connectivity index (χ0v) is 20.2. The molecule has 0 saturated carbocycles. The number of hydrogen-bond acceptors (Lipinski definition) is 5. The minimum Gasteiger partial charge on any atom is -0.497 e. The summed E-state index contributed by atoms with van der Waals surface area (Å²) in [5, 5.41) is 2.65. The third-order valence-corrected chi connectivity index (χ3v) is 6.87. The van der Waals surface area contributed by atoms with Crippen molar-refractivity contribution in [2.75, 3.05) is 33.1 Å². The monoisotopic (exact) mass is 456 g/mol. The molecule has 1 heterocycles. The van der Waals surface area contributed by atoms with Gasteiger partial charge in [-0.25, -0.2) is 0 Å². The number of nitrogens with one attached hydrogen (secondary N) is 1. The summed E-state index contributed by atoms with van der Waals surface area (Å²) in [6, 6.07) is 14.8. The van der Waals surface area contributed by atoms with E-state index in [9.17, 15) is 9.59 Å². The maximum atomic E-state index is 13.6. The summed E-state index contributed by atoms with van der Waals surface area (Å²) in [4.78, 5) is 28.2. The first kappa shape index (κ1) is 24.1. The fraction of sp³-hybridized carbons (Fsp3) is 0.440. The second-order valence-corrected chi connectivity index (χ2v) is 9.91. The van der Waals surface area contributed by atoms with Gasteiger partial charge in [0.25, 0.3) is 5.91 Å². The van der Waals surface area contributed by atoms with E-state index in [1.807, 2.05) is 0 Å². The fourth-order valence-corrected chi connectivity index (χ4v) is 5.07. The molecule has 0 spiro atoms. The van der Waals surface area contributed by atoms with E-state index in [0.717, 1.165) is 5.56 Å². The lowest BCUT2D eigenvalue weighted by atomic mass is 9.86. The van der Waals surface area contributed by atoms with Crippen LogP contribution in [0.1, 0.15) is 47.6 Å². The Hall–Kier alpha value is -2.51. The van der Waals surface area contributed by atoms with Crippen LogP contribution in [0.25, 0.3) is 0 Å². The SMILES string of the molecule is COCCNC(=O)C1CSC(c2ccc(C(C)(C)C)cc2)N1C(=O)c1ccc(OC)cc1. The summed E-state index contributed by atoms with van der Waals surface area (Å²) in [6.07, 6.45) is 0. The molecule has 1 saturated heterocycles. The number of carbonyl (C=O) groups is 2. The minimum atomic E-state index is -0.557. The average molecular weight is 457 g/mol. The van der Waals surface area contributed by atoms with E-state index < -0.39 is 6.04 Å². The summed E-state index contributed by atoms with van der Waals surface area (Å²) in [5.74, 6) is 0.882. The van der Waals surface area contributed by atoms with Crippen LogP contribution in [0.5, 0.6) is 5.75 Å². The van der Waals surface area contributed by atoms with Crippen molar-refractivity contribution in [1.82, 2.24) is 10.2 Å². The first-order valence-electron chi connectivity index (χ1n) is 10.7. The number of rotatable bonds is 7. The van der Waals surface area contributed by atoms with E-state index in [2.05, 4.69) is 50.4 Å². The van der Waals surface area contributed by atoms with Gasteiger partial charge in [0.2, 0.25) is 5.91 Å². The van der Waals surface area contributed by atoms with E-state index in [0.29, 0.717) is 30.2 Å². The van der Waals surface area contributed by atoms with E-state index in [1.54, 1.807) is 55.1 Å². The van der Waals surface area contributed by atoms with Gasteiger partial charge in [0.1, 0.15) is 17.2 Å². The Morgan fingerprint density at radius 1 is 1.06 bits per heavy atom. The number of carbonyl (C=O) groups excluding carboxylic acids is 2. The van der Waals surface area contributed by atoms with Crippen molar-refractivity contribution in [3.05, 3.63) is 65.2 Å². The molecule has 172 valence electrons. The second kappa shape index (κ2) is 10.4. The smallest absolute Gasteiger partial charge is 0.255 e. The highest BCUT2D eigenvalue weighted by Gasteiger charge is 2.42. The molecule has 1 aliphatic rings. The van der Waals surface area contributed by atoms with Crippen LogP contribution in [-0.2, 0) is 14.9 Å². The molecule has 2 amide bonds. The number of amides is 2. The molecular weight excluding hydrogens is 424 g/mol. The fourth-order valence-electron chi connectivity index (χ4n) is 3.64. The standard InChI is InChI=1S/C25H32N2O4S/c1-25(2,3)19-10-6-18(7-11-19)24-27(21(16-32-24)22(28)26-14-15-30-4)23(29)17-8-12-20(31-5)13-9-17/h6-13,21,24H,14-16H2,1-5H3,(H,26,28). The summed E-state index contributed by atoms with van der Waals surface area (Å²) in [6.45, 7) is 7.35. The molecule has 2 atom stereocenters. The zero-order valence-electron chi connectivity index (χ0n) is 19.4. The molecular formula is C25H32N2O4S. The quantitative estimate of drug-likeness (QED) is 0.638.